The highest BCUT2D eigenvalue weighted by Crippen LogP contribution is 2.29. The maximum atomic E-state index is 6.55. The molecule has 0 fully saturated rings. The van der Waals surface area contributed by atoms with Gasteiger partial charge >= 0.3 is 0 Å². The van der Waals surface area contributed by atoms with E-state index in [9.17, 15) is 0 Å². The molecule has 1 unspecified atom stereocenters. The second kappa shape index (κ2) is 5.70. The van der Waals surface area contributed by atoms with Crippen LogP contribution in [0.15, 0.2) is 28.7 Å². The first-order valence-corrected chi connectivity index (χ1v) is 7.70. The maximum Gasteiger partial charge on any atom is 0.0766 e. The molecule has 0 radical (unpaired) electrons. The van der Waals surface area contributed by atoms with E-state index >= 15 is 0 Å². The quantitative estimate of drug-likeness (QED) is 0.929. The fraction of sp³-hybridized carbons (Fsp3) is 0.438. The molecule has 3 nitrogen and oxygen atoms in total. The van der Waals surface area contributed by atoms with Crippen molar-refractivity contribution in [2.24, 2.45) is 12.8 Å². The van der Waals surface area contributed by atoms with Crippen LogP contribution in [0.2, 0.25) is 0 Å². The standard InChI is InChI=1S/C16H22BrN3/c1-5-13-15(17)14(20(4)19-13)10-16(3,18)12-8-6-11(2)7-9-12/h6-9H,5,10,18H2,1-4H3. The number of rotatable bonds is 4. The number of aromatic nitrogens is 2. The van der Waals surface area contributed by atoms with Gasteiger partial charge in [0.05, 0.1) is 15.9 Å². The van der Waals surface area contributed by atoms with E-state index < -0.39 is 5.54 Å². The van der Waals surface area contributed by atoms with Gasteiger partial charge < -0.3 is 5.73 Å². The van der Waals surface area contributed by atoms with E-state index in [4.69, 9.17) is 5.73 Å². The Labute approximate surface area is 129 Å². The Morgan fingerprint density at radius 3 is 2.40 bits per heavy atom. The minimum atomic E-state index is -0.408. The molecule has 0 aliphatic heterocycles. The molecule has 1 aromatic carbocycles. The average molecular weight is 336 g/mol. The van der Waals surface area contributed by atoms with Crippen LogP contribution in [0.3, 0.4) is 0 Å². The molecule has 0 saturated heterocycles. The molecule has 0 aliphatic rings. The minimum Gasteiger partial charge on any atom is -0.321 e. The van der Waals surface area contributed by atoms with Crippen molar-refractivity contribution >= 4 is 15.9 Å². The van der Waals surface area contributed by atoms with Crippen LogP contribution in [0, 0.1) is 6.92 Å². The number of aryl methyl sites for hydroxylation is 3. The monoisotopic (exact) mass is 335 g/mol. The van der Waals surface area contributed by atoms with Crippen molar-refractivity contribution in [3.63, 3.8) is 0 Å². The number of benzene rings is 1. The van der Waals surface area contributed by atoms with E-state index in [1.807, 2.05) is 11.7 Å². The third-order valence-electron chi connectivity index (χ3n) is 3.75. The first-order chi connectivity index (χ1) is 9.35. The predicted molar refractivity (Wildman–Crippen MR) is 86.7 cm³/mol. The number of hydrogen-bond donors (Lipinski definition) is 1. The summed E-state index contributed by atoms with van der Waals surface area (Å²) in [6, 6.07) is 8.44. The molecule has 2 N–H and O–H groups in total. The van der Waals surface area contributed by atoms with Crippen molar-refractivity contribution < 1.29 is 0 Å². The topological polar surface area (TPSA) is 43.8 Å². The van der Waals surface area contributed by atoms with Gasteiger partial charge in [0.15, 0.2) is 0 Å². The zero-order valence-electron chi connectivity index (χ0n) is 12.6. The Morgan fingerprint density at radius 1 is 1.30 bits per heavy atom. The Bertz CT molecular complexity index is 597. The summed E-state index contributed by atoms with van der Waals surface area (Å²) in [7, 11) is 1.98. The van der Waals surface area contributed by atoms with Crippen molar-refractivity contribution in [3.05, 3.63) is 51.3 Å². The fourth-order valence-electron chi connectivity index (χ4n) is 2.40. The molecule has 0 spiro atoms. The Morgan fingerprint density at radius 2 is 1.90 bits per heavy atom. The van der Waals surface area contributed by atoms with E-state index in [2.05, 4.69) is 66.1 Å². The SMILES string of the molecule is CCc1nn(C)c(CC(C)(N)c2ccc(C)cc2)c1Br. The molecule has 1 aromatic heterocycles. The van der Waals surface area contributed by atoms with Crippen molar-refractivity contribution in [2.75, 3.05) is 0 Å². The smallest absolute Gasteiger partial charge is 0.0766 e. The number of hydrogen-bond acceptors (Lipinski definition) is 2. The summed E-state index contributed by atoms with van der Waals surface area (Å²) in [5, 5.41) is 4.53. The summed E-state index contributed by atoms with van der Waals surface area (Å²) >= 11 is 3.66. The van der Waals surface area contributed by atoms with Crippen LogP contribution in [-0.4, -0.2) is 9.78 Å². The van der Waals surface area contributed by atoms with Gasteiger partial charge in [-0.25, -0.2) is 0 Å². The van der Waals surface area contributed by atoms with Crippen molar-refractivity contribution in [1.29, 1.82) is 0 Å². The first kappa shape index (κ1) is 15.3. The van der Waals surface area contributed by atoms with Crippen LogP contribution in [0.5, 0.6) is 0 Å². The lowest BCUT2D eigenvalue weighted by atomic mass is 9.88. The molecule has 108 valence electrons. The van der Waals surface area contributed by atoms with E-state index in [0.29, 0.717) is 0 Å². The summed E-state index contributed by atoms with van der Waals surface area (Å²) in [4.78, 5) is 0. The zero-order valence-corrected chi connectivity index (χ0v) is 14.2. The van der Waals surface area contributed by atoms with Crippen molar-refractivity contribution in [1.82, 2.24) is 9.78 Å². The van der Waals surface area contributed by atoms with Gasteiger partial charge in [0.1, 0.15) is 0 Å². The second-order valence-electron chi connectivity index (χ2n) is 5.64. The van der Waals surface area contributed by atoms with Crippen LogP contribution in [0.25, 0.3) is 0 Å². The predicted octanol–water partition coefficient (Wildman–Crippen LogP) is 3.47. The van der Waals surface area contributed by atoms with Crippen LogP contribution in [-0.2, 0) is 25.4 Å². The minimum absolute atomic E-state index is 0.408. The zero-order chi connectivity index (χ0) is 14.9. The molecule has 2 rings (SSSR count). The largest absolute Gasteiger partial charge is 0.321 e. The third-order valence-corrected chi connectivity index (χ3v) is 4.66. The van der Waals surface area contributed by atoms with E-state index in [1.165, 1.54) is 5.56 Å². The van der Waals surface area contributed by atoms with Gasteiger partial charge in [-0.2, -0.15) is 5.10 Å². The van der Waals surface area contributed by atoms with E-state index in [0.717, 1.165) is 34.3 Å². The van der Waals surface area contributed by atoms with E-state index in [-0.39, 0.29) is 0 Å². The number of nitrogens with two attached hydrogens (primary N) is 1. The van der Waals surface area contributed by atoms with Crippen molar-refractivity contribution in [3.8, 4) is 0 Å². The summed E-state index contributed by atoms with van der Waals surface area (Å²) < 4.78 is 3.02. The van der Waals surface area contributed by atoms with Gasteiger partial charge in [-0.1, -0.05) is 36.8 Å². The summed E-state index contributed by atoms with van der Waals surface area (Å²) in [6.07, 6.45) is 1.67. The summed E-state index contributed by atoms with van der Waals surface area (Å²) in [5.74, 6) is 0. The average Bonchev–Trinajstić information content (AvgIpc) is 2.66. The van der Waals surface area contributed by atoms with Gasteiger partial charge in [-0.3, -0.25) is 4.68 Å². The van der Waals surface area contributed by atoms with Gasteiger partial charge in [-0.05, 0) is 41.8 Å². The molecule has 4 heteroatoms. The van der Waals surface area contributed by atoms with Crippen LogP contribution in [0.1, 0.15) is 36.4 Å². The Balaban J connectivity index is 2.32. The Hall–Kier alpha value is -1.13. The highest BCUT2D eigenvalue weighted by molar-refractivity contribution is 9.10. The van der Waals surface area contributed by atoms with E-state index in [1.54, 1.807) is 0 Å². The van der Waals surface area contributed by atoms with Crippen LogP contribution in [0.4, 0.5) is 0 Å². The molecule has 0 amide bonds. The molecule has 1 atom stereocenters. The number of halogens is 1. The normalized spacial score (nSPS) is 14.3. The summed E-state index contributed by atoms with van der Waals surface area (Å²) in [6.45, 7) is 6.27. The first-order valence-electron chi connectivity index (χ1n) is 6.91. The van der Waals surface area contributed by atoms with Gasteiger partial charge in [-0.15, -0.1) is 0 Å². The molecule has 2 aromatic rings. The molecular formula is C16H22BrN3. The molecule has 0 bridgehead atoms. The van der Waals surface area contributed by atoms with Crippen LogP contribution >= 0.6 is 15.9 Å². The molecule has 1 heterocycles. The molecule has 0 saturated carbocycles. The lowest BCUT2D eigenvalue weighted by molar-refractivity contribution is 0.471. The fourth-order valence-corrected chi connectivity index (χ4v) is 3.15. The molecule has 0 aliphatic carbocycles. The third kappa shape index (κ3) is 2.96. The summed E-state index contributed by atoms with van der Waals surface area (Å²) in [5.41, 5.74) is 10.8. The molecule has 20 heavy (non-hydrogen) atoms. The lowest BCUT2D eigenvalue weighted by Crippen LogP contribution is -2.36. The van der Waals surface area contributed by atoms with Gasteiger partial charge in [0.2, 0.25) is 0 Å². The maximum absolute atomic E-state index is 6.55. The lowest BCUT2D eigenvalue weighted by Gasteiger charge is -2.25. The van der Waals surface area contributed by atoms with Gasteiger partial charge in [0.25, 0.3) is 0 Å². The second-order valence-corrected chi connectivity index (χ2v) is 6.44. The van der Waals surface area contributed by atoms with Crippen molar-refractivity contribution in [2.45, 2.75) is 39.2 Å². The van der Waals surface area contributed by atoms with Crippen LogP contribution < -0.4 is 5.73 Å². The highest BCUT2D eigenvalue weighted by atomic mass is 79.9. The number of nitrogens with zero attached hydrogens (tertiary/aromatic N) is 2. The highest BCUT2D eigenvalue weighted by Gasteiger charge is 2.25. The Kier molecular flexibility index (Phi) is 4.35. The molecular weight excluding hydrogens is 314 g/mol. The van der Waals surface area contributed by atoms with Gasteiger partial charge in [0, 0.05) is 19.0 Å².